The predicted octanol–water partition coefficient (Wildman–Crippen LogP) is 4.27. The van der Waals surface area contributed by atoms with Gasteiger partial charge >= 0.3 is 0 Å². The van der Waals surface area contributed by atoms with Crippen LogP contribution in [0.5, 0.6) is 0 Å². The van der Waals surface area contributed by atoms with E-state index in [-0.39, 0.29) is 0 Å². The van der Waals surface area contributed by atoms with Gasteiger partial charge in [0.2, 0.25) is 0 Å². The summed E-state index contributed by atoms with van der Waals surface area (Å²) in [6.45, 7) is 9.81. The minimum absolute atomic E-state index is 0.703. The second kappa shape index (κ2) is 2.90. The maximum Gasteiger partial charge on any atom is -0.0115 e. The van der Waals surface area contributed by atoms with Crippen molar-refractivity contribution >= 4 is 0 Å². The highest BCUT2D eigenvalue weighted by atomic mass is 14.7. The summed E-state index contributed by atoms with van der Waals surface area (Å²) in [4.78, 5) is 0. The minimum atomic E-state index is 0.703. The van der Waals surface area contributed by atoms with Crippen molar-refractivity contribution in [2.24, 2.45) is 35.0 Å². The SMILES string of the molecule is CC1=CC[C@H]2[C@H]3C1C2(C)CC[C@@H]3C(C)C. The molecule has 4 bridgehead atoms. The Kier molecular flexibility index (Phi) is 1.92. The number of allylic oxidation sites excluding steroid dienone is 2. The molecule has 0 aromatic carbocycles. The van der Waals surface area contributed by atoms with Crippen LogP contribution in [0.25, 0.3) is 0 Å². The first-order valence-electron chi connectivity index (χ1n) is 6.72. The molecule has 4 rings (SSSR count). The molecule has 0 amide bonds. The maximum atomic E-state index is 2.56. The molecular formula is C15H24. The molecule has 0 N–H and O–H groups in total. The summed E-state index contributed by atoms with van der Waals surface area (Å²) < 4.78 is 0. The van der Waals surface area contributed by atoms with E-state index in [1.807, 2.05) is 0 Å². The summed E-state index contributed by atoms with van der Waals surface area (Å²) in [6.07, 6.45) is 6.90. The summed E-state index contributed by atoms with van der Waals surface area (Å²) in [5, 5.41) is 0. The van der Waals surface area contributed by atoms with Crippen molar-refractivity contribution in [3.8, 4) is 0 Å². The number of fused-ring (bicyclic) bond motifs is 1. The molecule has 0 spiro atoms. The van der Waals surface area contributed by atoms with Gasteiger partial charge in [0.15, 0.2) is 0 Å². The molecule has 0 saturated heterocycles. The molecule has 0 aromatic heterocycles. The van der Waals surface area contributed by atoms with Crippen LogP contribution in [0.1, 0.15) is 47.0 Å². The van der Waals surface area contributed by atoms with Crippen molar-refractivity contribution in [1.29, 1.82) is 0 Å². The molecule has 0 heterocycles. The zero-order valence-corrected chi connectivity index (χ0v) is 10.6. The van der Waals surface area contributed by atoms with Gasteiger partial charge in [0.1, 0.15) is 0 Å². The highest BCUT2D eigenvalue weighted by molar-refractivity contribution is 5.28. The Labute approximate surface area is 94.1 Å². The van der Waals surface area contributed by atoms with Gasteiger partial charge < -0.3 is 0 Å². The maximum absolute atomic E-state index is 2.56. The lowest BCUT2D eigenvalue weighted by molar-refractivity contribution is -0.181. The van der Waals surface area contributed by atoms with Gasteiger partial charge in [0.05, 0.1) is 0 Å². The molecule has 0 nitrogen and oxygen atoms in total. The van der Waals surface area contributed by atoms with Crippen LogP contribution in [0.3, 0.4) is 0 Å². The lowest BCUT2D eigenvalue weighted by Crippen LogP contribution is -2.63. The lowest BCUT2D eigenvalue weighted by atomic mass is 9.34. The fourth-order valence-corrected chi connectivity index (χ4v) is 5.25. The topological polar surface area (TPSA) is 0 Å². The van der Waals surface area contributed by atoms with E-state index < -0.39 is 0 Å². The Bertz CT molecular complexity index is 312. The van der Waals surface area contributed by atoms with Gasteiger partial charge in [-0.25, -0.2) is 0 Å². The molecule has 2 saturated carbocycles. The van der Waals surface area contributed by atoms with Gasteiger partial charge in [-0.1, -0.05) is 32.4 Å². The van der Waals surface area contributed by atoms with E-state index in [4.69, 9.17) is 0 Å². The molecule has 0 radical (unpaired) electrons. The number of hydrogen-bond acceptors (Lipinski definition) is 0. The smallest absolute Gasteiger partial charge is 0.0115 e. The number of hydrogen-bond donors (Lipinski definition) is 0. The van der Waals surface area contributed by atoms with Crippen LogP contribution in [0.4, 0.5) is 0 Å². The highest BCUT2D eigenvalue weighted by Crippen LogP contribution is 2.71. The van der Waals surface area contributed by atoms with E-state index in [1.165, 1.54) is 19.3 Å². The average Bonchev–Trinajstić information content (AvgIpc) is 2.17. The molecule has 2 fully saturated rings. The van der Waals surface area contributed by atoms with E-state index in [0.717, 1.165) is 29.6 Å². The van der Waals surface area contributed by atoms with Crippen molar-refractivity contribution in [2.45, 2.75) is 47.0 Å². The first-order chi connectivity index (χ1) is 7.05. The molecule has 0 aliphatic heterocycles. The summed E-state index contributed by atoms with van der Waals surface area (Å²) in [5.74, 6) is 4.96. The van der Waals surface area contributed by atoms with Crippen molar-refractivity contribution in [3.63, 3.8) is 0 Å². The molecule has 0 heteroatoms. The lowest BCUT2D eigenvalue weighted by Gasteiger charge is -2.70. The Balaban J connectivity index is 1.95. The van der Waals surface area contributed by atoms with Crippen LogP contribution in [0.15, 0.2) is 11.6 Å². The van der Waals surface area contributed by atoms with E-state index in [1.54, 1.807) is 5.57 Å². The van der Waals surface area contributed by atoms with Gasteiger partial charge in [-0.15, -0.1) is 0 Å². The van der Waals surface area contributed by atoms with E-state index in [0.29, 0.717) is 5.41 Å². The van der Waals surface area contributed by atoms with Gasteiger partial charge in [-0.2, -0.15) is 0 Å². The highest BCUT2D eigenvalue weighted by Gasteiger charge is 2.64. The Morgan fingerprint density at radius 3 is 2.73 bits per heavy atom. The predicted molar refractivity (Wildman–Crippen MR) is 64.5 cm³/mol. The number of rotatable bonds is 1. The van der Waals surface area contributed by atoms with Crippen molar-refractivity contribution in [2.75, 3.05) is 0 Å². The van der Waals surface area contributed by atoms with E-state index >= 15 is 0 Å². The average molecular weight is 204 g/mol. The normalized spacial score (nSPS) is 52.5. The molecular weight excluding hydrogens is 180 g/mol. The Hall–Kier alpha value is -0.260. The van der Waals surface area contributed by atoms with Gasteiger partial charge in [-0.05, 0) is 61.2 Å². The van der Waals surface area contributed by atoms with Crippen molar-refractivity contribution in [3.05, 3.63) is 11.6 Å². The third-order valence-corrected chi connectivity index (χ3v) is 5.96. The fraction of sp³-hybridized carbons (Fsp3) is 0.867. The standard InChI is InChI=1S/C15H24/c1-9(2)11-7-8-15(4)12-6-5-10(3)14(15)13(11)12/h5,9,11-14H,6-8H2,1-4H3/t11-,12+,13+,14?,15?/m1/s1. The van der Waals surface area contributed by atoms with Gasteiger partial charge in [-0.3, -0.25) is 0 Å². The third kappa shape index (κ3) is 1.04. The van der Waals surface area contributed by atoms with Crippen molar-refractivity contribution < 1.29 is 0 Å². The molecule has 5 atom stereocenters. The first kappa shape index (κ1) is 9.93. The molecule has 15 heavy (non-hydrogen) atoms. The Morgan fingerprint density at radius 1 is 1.40 bits per heavy atom. The van der Waals surface area contributed by atoms with E-state index in [9.17, 15) is 0 Å². The van der Waals surface area contributed by atoms with Crippen molar-refractivity contribution in [1.82, 2.24) is 0 Å². The van der Waals surface area contributed by atoms with Crippen LogP contribution in [-0.4, -0.2) is 0 Å². The molecule has 2 unspecified atom stereocenters. The zero-order valence-electron chi connectivity index (χ0n) is 10.6. The van der Waals surface area contributed by atoms with Crippen LogP contribution in [-0.2, 0) is 0 Å². The Morgan fingerprint density at radius 2 is 2.13 bits per heavy atom. The second-order valence-electron chi connectivity index (χ2n) is 6.80. The van der Waals surface area contributed by atoms with Crippen LogP contribution in [0.2, 0.25) is 0 Å². The second-order valence-corrected chi connectivity index (χ2v) is 6.80. The molecule has 4 aliphatic rings. The monoisotopic (exact) mass is 204 g/mol. The summed E-state index contributed by atoms with van der Waals surface area (Å²) >= 11 is 0. The summed E-state index contributed by atoms with van der Waals surface area (Å²) in [6, 6.07) is 0. The summed E-state index contributed by atoms with van der Waals surface area (Å²) in [5.41, 5.74) is 2.42. The largest absolute Gasteiger partial charge is 0.0850 e. The quantitative estimate of drug-likeness (QED) is 0.559. The van der Waals surface area contributed by atoms with E-state index in [2.05, 4.69) is 33.8 Å². The molecule has 4 aliphatic carbocycles. The molecule has 84 valence electrons. The van der Waals surface area contributed by atoms with Crippen LogP contribution < -0.4 is 0 Å². The van der Waals surface area contributed by atoms with Crippen LogP contribution >= 0.6 is 0 Å². The fourth-order valence-electron chi connectivity index (χ4n) is 5.25. The third-order valence-electron chi connectivity index (χ3n) is 5.96. The van der Waals surface area contributed by atoms with Gasteiger partial charge in [0, 0.05) is 0 Å². The zero-order chi connectivity index (χ0) is 10.8. The minimum Gasteiger partial charge on any atom is -0.0850 e. The molecule has 0 aromatic rings. The summed E-state index contributed by atoms with van der Waals surface area (Å²) in [7, 11) is 0. The van der Waals surface area contributed by atoms with Gasteiger partial charge in [0.25, 0.3) is 0 Å². The first-order valence-corrected chi connectivity index (χ1v) is 6.72. The van der Waals surface area contributed by atoms with Crippen LogP contribution in [0, 0.1) is 35.0 Å².